The SMILES string of the molecule is CCc1c(F)ccc2cc(O)cc(-c3ncc4c(N5CCC[C@]6(CCO6)C5)nc(OCC5(CN6CCC(CN7CCC(c8ccc9ccn(C%10CCC(=O)NC%10=O)c(=O)c9c8)CC7)CC6)CC5)nc4c3F)c12. The molecule has 72 heavy (non-hydrogen) atoms. The second-order valence-corrected chi connectivity index (χ2v) is 21.7. The van der Waals surface area contributed by atoms with Crippen LogP contribution < -0.4 is 20.5 Å². The molecule has 2 amide bonds. The lowest BCUT2D eigenvalue weighted by Gasteiger charge is -2.48. The van der Waals surface area contributed by atoms with Crippen molar-refractivity contribution in [2.75, 3.05) is 70.5 Å². The summed E-state index contributed by atoms with van der Waals surface area (Å²) in [6, 6.07) is 13.5. The van der Waals surface area contributed by atoms with Crippen molar-refractivity contribution in [1.29, 1.82) is 0 Å². The molecule has 6 aliphatic rings. The third-order valence-electron chi connectivity index (χ3n) is 17.0. The van der Waals surface area contributed by atoms with Gasteiger partial charge in [0.15, 0.2) is 5.82 Å². The van der Waals surface area contributed by atoms with Crippen LogP contribution in [0.15, 0.2) is 65.7 Å². The van der Waals surface area contributed by atoms with Crippen molar-refractivity contribution in [2.24, 2.45) is 11.3 Å². The van der Waals surface area contributed by atoms with Gasteiger partial charge in [0, 0.05) is 67.8 Å². The second-order valence-electron chi connectivity index (χ2n) is 21.7. The van der Waals surface area contributed by atoms with Crippen molar-refractivity contribution >= 4 is 50.1 Å². The Hall–Kier alpha value is -6.10. The van der Waals surface area contributed by atoms with Crippen molar-refractivity contribution in [3.63, 3.8) is 0 Å². The molecule has 376 valence electrons. The first-order valence-corrected chi connectivity index (χ1v) is 26.2. The Bertz CT molecular complexity index is 3180. The van der Waals surface area contributed by atoms with E-state index >= 15 is 8.78 Å². The van der Waals surface area contributed by atoms with E-state index in [-0.39, 0.29) is 51.9 Å². The van der Waals surface area contributed by atoms with Crippen LogP contribution in [0, 0.1) is 23.0 Å². The number of ether oxygens (including phenoxy) is 2. The number of amides is 2. The largest absolute Gasteiger partial charge is 0.508 e. The summed E-state index contributed by atoms with van der Waals surface area (Å²) in [7, 11) is 0. The number of phenolic OH excluding ortho intramolecular Hbond substituents is 1. The molecule has 1 spiro atoms. The summed E-state index contributed by atoms with van der Waals surface area (Å²) in [5, 5.41) is 16.2. The van der Waals surface area contributed by atoms with E-state index in [0.717, 1.165) is 116 Å². The summed E-state index contributed by atoms with van der Waals surface area (Å²) in [5.41, 5.74) is 1.48. The van der Waals surface area contributed by atoms with Gasteiger partial charge < -0.3 is 33.8 Å². The van der Waals surface area contributed by atoms with E-state index in [0.29, 0.717) is 76.3 Å². The lowest BCUT2D eigenvalue weighted by Crippen LogP contribution is -2.56. The average molecular weight is 981 g/mol. The number of hydrogen-bond donors (Lipinski definition) is 2. The zero-order valence-corrected chi connectivity index (χ0v) is 40.9. The summed E-state index contributed by atoms with van der Waals surface area (Å²) < 4.78 is 46.6. The maximum absolute atomic E-state index is 17.2. The van der Waals surface area contributed by atoms with Gasteiger partial charge in [-0.2, -0.15) is 9.97 Å². The minimum absolute atomic E-state index is 0.0202. The number of pyridine rings is 2. The van der Waals surface area contributed by atoms with Gasteiger partial charge in [0.05, 0.1) is 24.2 Å². The summed E-state index contributed by atoms with van der Waals surface area (Å²) >= 11 is 0. The highest BCUT2D eigenvalue weighted by Crippen LogP contribution is 2.48. The van der Waals surface area contributed by atoms with Crippen LogP contribution in [-0.2, 0) is 20.7 Å². The lowest BCUT2D eigenvalue weighted by atomic mass is 9.86. The molecule has 12 rings (SSSR count). The molecule has 5 saturated heterocycles. The molecule has 8 heterocycles. The molecule has 6 aromatic rings. The molecule has 2 atom stereocenters. The maximum Gasteiger partial charge on any atom is 0.319 e. The maximum atomic E-state index is 17.2. The molecule has 16 heteroatoms. The fourth-order valence-electron chi connectivity index (χ4n) is 12.6. The highest BCUT2D eigenvalue weighted by Gasteiger charge is 2.46. The summed E-state index contributed by atoms with van der Waals surface area (Å²) in [5.74, 6) is -0.312. The van der Waals surface area contributed by atoms with E-state index in [1.165, 1.54) is 22.3 Å². The van der Waals surface area contributed by atoms with Crippen LogP contribution in [0.3, 0.4) is 0 Å². The van der Waals surface area contributed by atoms with Crippen LogP contribution in [0.4, 0.5) is 14.6 Å². The lowest BCUT2D eigenvalue weighted by molar-refractivity contribution is -0.151. The van der Waals surface area contributed by atoms with Crippen LogP contribution in [0.25, 0.3) is 43.7 Å². The van der Waals surface area contributed by atoms with E-state index in [9.17, 15) is 19.5 Å². The highest BCUT2D eigenvalue weighted by molar-refractivity contribution is 6.02. The zero-order chi connectivity index (χ0) is 49.3. The van der Waals surface area contributed by atoms with E-state index in [4.69, 9.17) is 19.4 Å². The first-order valence-electron chi connectivity index (χ1n) is 26.2. The molecule has 6 fully saturated rings. The molecule has 14 nitrogen and oxygen atoms in total. The minimum atomic E-state index is -0.679. The van der Waals surface area contributed by atoms with Gasteiger partial charge in [-0.25, -0.2) is 8.78 Å². The van der Waals surface area contributed by atoms with Gasteiger partial charge in [-0.1, -0.05) is 25.1 Å². The van der Waals surface area contributed by atoms with Gasteiger partial charge in [0.25, 0.3) is 5.56 Å². The number of anilines is 1. The average Bonchev–Trinajstić information content (AvgIpc) is 4.15. The van der Waals surface area contributed by atoms with Gasteiger partial charge in [-0.05, 0) is 160 Å². The first-order chi connectivity index (χ1) is 34.9. The number of halogens is 2. The molecule has 0 bridgehead atoms. The Balaban J connectivity index is 0.697. The zero-order valence-electron chi connectivity index (χ0n) is 40.9. The molecule has 0 radical (unpaired) electrons. The smallest absolute Gasteiger partial charge is 0.319 e. The number of benzene rings is 3. The van der Waals surface area contributed by atoms with Gasteiger partial charge in [0.1, 0.15) is 34.6 Å². The second kappa shape index (κ2) is 18.7. The molecule has 3 aromatic heterocycles. The summed E-state index contributed by atoms with van der Waals surface area (Å²) in [4.78, 5) is 59.7. The first kappa shape index (κ1) is 46.9. The summed E-state index contributed by atoms with van der Waals surface area (Å²) in [6.07, 6.45) is 13.4. The summed E-state index contributed by atoms with van der Waals surface area (Å²) in [6.45, 7) is 10.4. The predicted octanol–water partition coefficient (Wildman–Crippen LogP) is 8.19. The highest BCUT2D eigenvalue weighted by atomic mass is 19.1. The number of aryl methyl sites for hydroxylation is 1. The Morgan fingerprint density at radius 2 is 1.67 bits per heavy atom. The van der Waals surface area contributed by atoms with Crippen LogP contribution in [0.5, 0.6) is 11.8 Å². The monoisotopic (exact) mass is 980 g/mol. The van der Waals surface area contributed by atoms with Crippen LogP contribution in [-0.4, -0.2) is 117 Å². The van der Waals surface area contributed by atoms with Gasteiger partial charge in [-0.3, -0.25) is 24.7 Å². The number of aromatic nitrogens is 4. The number of nitrogens with one attached hydrogen (secondary N) is 1. The molecule has 1 saturated carbocycles. The number of imide groups is 1. The number of aromatic hydroxyl groups is 1. The molecular formula is C56H62F2N8O6. The molecule has 1 unspecified atom stereocenters. The quantitative estimate of drug-likeness (QED) is 0.114. The van der Waals surface area contributed by atoms with Crippen molar-refractivity contribution in [1.82, 2.24) is 34.6 Å². The Labute approximate surface area is 416 Å². The molecule has 3 aromatic carbocycles. The van der Waals surface area contributed by atoms with Crippen molar-refractivity contribution in [3.8, 4) is 23.0 Å². The van der Waals surface area contributed by atoms with Crippen molar-refractivity contribution in [2.45, 2.75) is 102 Å². The van der Waals surface area contributed by atoms with Crippen LogP contribution in [0.1, 0.15) is 101 Å². The topological polar surface area (TPSA) is 155 Å². The Morgan fingerprint density at radius 3 is 2.42 bits per heavy atom. The molecule has 5 aliphatic heterocycles. The molecule has 2 N–H and O–H groups in total. The third kappa shape index (κ3) is 8.86. The Morgan fingerprint density at radius 1 is 0.875 bits per heavy atom. The van der Waals surface area contributed by atoms with Crippen molar-refractivity contribution in [3.05, 3.63) is 94.0 Å². The third-order valence-corrected chi connectivity index (χ3v) is 17.0. The minimum Gasteiger partial charge on any atom is -0.508 e. The van der Waals surface area contributed by atoms with Gasteiger partial charge in [0.2, 0.25) is 11.8 Å². The number of fused-ring (bicyclic) bond motifs is 3. The fraction of sp³-hybridized carbons (Fsp3) is 0.500. The number of piperidine rings is 4. The number of likely N-dealkylation sites (tertiary alicyclic amines) is 2. The van der Waals surface area contributed by atoms with Gasteiger partial charge in [-0.15, -0.1) is 0 Å². The predicted molar refractivity (Wildman–Crippen MR) is 270 cm³/mol. The number of rotatable bonds is 12. The standard InChI is InChI=1S/C56H62F2N8O6/c1-2-40-44(57)7-6-38-26-39(67)28-42(47(38)40)49-48(58)50-43(29-59-49)51(65-19-3-15-56(32-65)18-25-72-56)62-54(61-50)71-33-55(16-17-55)31-64-20-10-34(11-21-64)30-63-22-12-35(13-23-63)37-5-4-36-14-24-66(53(70)41(36)27-37)45-8-9-46(68)60-52(45)69/h4-7,14,24,26-29,34-35,45,67H,2-3,8-13,15-23,25,30-33H2,1H3,(H,60,68,69)/t45?,56-/m0/s1. The van der Waals surface area contributed by atoms with E-state index < -0.39 is 23.6 Å². The van der Waals surface area contributed by atoms with E-state index in [2.05, 4.69) is 31.1 Å². The van der Waals surface area contributed by atoms with Crippen molar-refractivity contribution < 1.29 is 33.0 Å². The number of nitrogens with zero attached hydrogens (tertiary/aromatic N) is 7. The van der Waals surface area contributed by atoms with Gasteiger partial charge >= 0.3 is 6.01 Å². The fourth-order valence-corrected chi connectivity index (χ4v) is 12.6. The molecule has 1 aliphatic carbocycles. The van der Waals surface area contributed by atoms with Crippen LogP contribution >= 0.6 is 0 Å². The van der Waals surface area contributed by atoms with Crippen LogP contribution in [0.2, 0.25) is 0 Å². The number of phenols is 1. The molecular weight excluding hydrogens is 919 g/mol. The number of hydrogen-bond acceptors (Lipinski definition) is 12. The number of carbonyl (C=O) groups excluding carboxylic acids is 2. The Kier molecular flexibility index (Phi) is 12.2. The van der Waals surface area contributed by atoms with E-state index in [1.807, 2.05) is 25.1 Å². The van der Waals surface area contributed by atoms with E-state index in [1.54, 1.807) is 24.5 Å². The number of carbonyl (C=O) groups is 2. The normalized spacial score (nSPS) is 23.3.